The van der Waals surface area contributed by atoms with E-state index >= 15 is 0 Å². The molecule has 0 aromatic heterocycles. The van der Waals surface area contributed by atoms with Crippen LogP contribution in [0.25, 0.3) is 0 Å². The van der Waals surface area contributed by atoms with Crippen molar-refractivity contribution in [3.05, 3.63) is 12.2 Å². The van der Waals surface area contributed by atoms with E-state index in [1.165, 1.54) is 0 Å². The summed E-state index contributed by atoms with van der Waals surface area (Å²) in [6.45, 7) is -0.0434. The Morgan fingerprint density at radius 1 is 1.04 bits per heavy atom. The molecule has 7 nitrogen and oxygen atoms in total. The van der Waals surface area contributed by atoms with Gasteiger partial charge >= 0.3 is 0 Å². The molecule has 0 aromatic carbocycles. The van der Waals surface area contributed by atoms with E-state index < -0.39 is 15.9 Å². The standard InChI is InChI=1S/C20H33N3O4S/c1-2-3-12-15-20(22-23-20)16-13-10-8-6-4-5-7-9-11-14-19(24)21-17-18-28(25,26)27/h1,8,10H,3-7,9,11-18H2,(H,21,24)(H,25,26,27). The second-order valence-corrected chi connectivity index (χ2v) is 8.76. The fourth-order valence-electron chi connectivity index (χ4n) is 2.91. The minimum Gasteiger partial charge on any atom is -0.355 e. The van der Waals surface area contributed by atoms with Crippen molar-refractivity contribution in [1.29, 1.82) is 0 Å². The van der Waals surface area contributed by atoms with Gasteiger partial charge in [-0.15, -0.1) is 12.3 Å². The summed E-state index contributed by atoms with van der Waals surface area (Å²) in [5.74, 6) is 2.04. The number of rotatable bonds is 17. The van der Waals surface area contributed by atoms with Crippen LogP contribution in [0.1, 0.15) is 77.0 Å². The van der Waals surface area contributed by atoms with Crippen LogP contribution in [0.15, 0.2) is 22.4 Å². The third-order valence-electron chi connectivity index (χ3n) is 4.62. The maximum atomic E-state index is 11.5. The highest BCUT2D eigenvalue weighted by molar-refractivity contribution is 7.85. The molecule has 0 radical (unpaired) electrons. The third-order valence-corrected chi connectivity index (χ3v) is 5.34. The lowest BCUT2D eigenvalue weighted by atomic mass is 10.0. The Labute approximate surface area is 169 Å². The molecule has 28 heavy (non-hydrogen) atoms. The summed E-state index contributed by atoms with van der Waals surface area (Å²) in [6.07, 6.45) is 21.0. The van der Waals surface area contributed by atoms with E-state index in [0.717, 1.165) is 70.6 Å². The smallest absolute Gasteiger partial charge is 0.266 e. The number of nitrogens with one attached hydrogen (secondary N) is 1. The number of terminal acetylenes is 1. The second-order valence-electron chi connectivity index (χ2n) is 7.19. The average Bonchev–Trinajstić information content (AvgIpc) is 3.39. The Balaban J connectivity index is 1.88. The summed E-state index contributed by atoms with van der Waals surface area (Å²) in [7, 11) is -4.01. The van der Waals surface area contributed by atoms with Crippen molar-refractivity contribution >= 4 is 16.0 Å². The number of hydrogen-bond acceptors (Lipinski definition) is 5. The molecule has 0 aliphatic carbocycles. The Hall–Kier alpha value is -1.72. The molecular formula is C20H33N3O4S. The quantitative estimate of drug-likeness (QED) is 0.163. The van der Waals surface area contributed by atoms with E-state index in [1.54, 1.807) is 0 Å². The van der Waals surface area contributed by atoms with E-state index in [4.69, 9.17) is 11.0 Å². The molecule has 0 saturated heterocycles. The number of hydrogen-bond donors (Lipinski definition) is 2. The first-order valence-corrected chi connectivity index (χ1v) is 11.7. The van der Waals surface area contributed by atoms with Gasteiger partial charge in [0.25, 0.3) is 10.1 Å². The molecule has 0 fully saturated rings. The highest BCUT2D eigenvalue weighted by Gasteiger charge is 2.37. The largest absolute Gasteiger partial charge is 0.355 e. The lowest BCUT2D eigenvalue weighted by molar-refractivity contribution is -0.121. The van der Waals surface area contributed by atoms with Crippen LogP contribution in [-0.2, 0) is 14.9 Å². The molecule has 8 heteroatoms. The van der Waals surface area contributed by atoms with Gasteiger partial charge in [-0.25, -0.2) is 0 Å². The van der Waals surface area contributed by atoms with E-state index in [0.29, 0.717) is 6.42 Å². The van der Waals surface area contributed by atoms with Gasteiger partial charge in [0.15, 0.2) is 5.66 Å². The first-order valence-electron chi connectivity index (χ1n) is 10.1. The van der Waals surface area contributed by atoms with Crippen molar-refractivity contribution in [2.45, 2.75) is 82.7 Å². The summed E-state index contributed by atoms with van der Waals surface area (Å²) in [6, 6.07) is 0. The number of amides is 1. The number of allylic oxidation sites excluding steroid dienone is 2. The summed E-state index contributed by atoms with van der Waals surface area (Å²) in [4.78, 5) is 11.5. The summed E-state index contributed by atoms with van der Waals surface area (Å²) in [5.41, 5.74) is -0.139. The number of unbranched alkanes of at least 4 members (excludes halogenated alkanes) is 6. The van der Waals surface area contributed by atoms with Crippen LogP contribution in [0.5, 0.6) is 0 Å². The molecule has 0 saturated carbocycles. The van der Waals surface area contributed by atoms with Crippen LogP contribution >= 0.6 is 0 Å². The highest BCUT2D eigenvalue weighted by Crippen LogP contribution is 2.38. The monoisotopic (exact) mass is 411 g/mol. The molecule has 0 spiro atoms. The van der Waals surface area contributed by atoms with Crippen LogP contribution in [0.4, 0.5) is 0 Å². The van der Waals surface area contributed by atoms with Crippen molar-refractivity contribution in [3.8, 4) is 12.3 Å². The molecule has 1 amide bonds. The molecule has 0 aromatic rings. The van der Waals surface area contributed by atoms with E-state index in [1.807, 2.05) is 0 Å². The zero-order chi connectivity index (χ0) is 20.7. The van der Waals surface area contributed by atoms with E-state index in [-0.39, 0.29) is 18.1 Å². The molecule has 1 aliphatic rings. The average molecular weight is 412 g/mol. The fourth-order valence-corrected chi connectivity index (χ4v) is 3.27. The number of carbonyl (C=O) groups is 1. The first kappa shape index (κ1) is 24.3. The Kier molecular flexibility index (Phi) is 11.7. The zero-order valence-electron chi connectivity index (χ0n) is 16.6. The zero-order valence-corrected chi connectivity index (χ0v) is 17.4. The van der Waals surface area contributed by atoms with E-state index in [2.05, 4.69) is 33.6 Å². The van der Waals surface area contributed by atoms with Gasteiger partial charge < -0.3 is 5.32 Å². The minimum atomic E-state index is -4.01. The minimum absolute atomic E-state index is 0.0434. The fraction of sp³-hybridized carbons (Fsp3) is 0.750. The third kappa shape index (κ3) is 13.4. The molecule has 2 N–H and O–H groups in total. The number of carbonyl (C=O) groups excluding carboxylic acids is 1. The molecule has 1 aliphatic heterocycles. The van der Waals surface area contributed by atoms with E-state index in [9.17, 15) is 13.2 Å². The number of nitrogens with zero attached hydrogens (tertiary/aromatic N) is 2. The van der Waals surface area contributed by atoms with Crippen molar-refractivity contribution in [1.82, 2.24) is 5.32 Å². The SMILES string of the molecule is C#CCCCC1(CCC=CCCCCCCCC(=O)NCCS(=O)(=O)O)N=N1. The Morgan fingerprint density at radius 2 is 1.71 bits per heavy atom. The maximum absolute atomic E-state index is 11.5. The first-order chi connectivity index (χ1) is 13.4. The highest BCUT2D eigenvalue weighted by atomic mass is 32.2. The Bertz CT molecular complexity index is 659. The normalized spacial score (nSPS) is 14.9. The van der Waals surface area contributed by atoms with Gasteiger partial charge in [-0.3, -0.25) is 9.35 Å². The molecular weight excluding hydrogens is 378 g/mol. The predicted molar refractivity (Wildman–Crippen MR) is 110 cm³/mol. The molecule has 1 rings (SSSR count). The lowest BCUT2D eigenvalue weighted by Crippen LogP contribution is -2.28. The summed E-state index contributed by atoms with van der Waals surface area (Å²) in [5, 5.41) is 10.8. The van der Waals surface area contributed by atoms with Crippen LogP contribution in [-0.4, -0.2) is 36.8 Å². The van der Waals surface area contributed by atoms with Gasteiger partial charge in [-0.1, -0.05) is 31.4 Å². The lowest BCUT2D eigenvalue weighted by Gasteiger charge is -2.07. The summed E-state index contributed by atoms with van der Waals surface area (Å²) < 4.78 is 29.6. The van der Waals surface area contributed by atoms with Gasteiger partial charge in [-0.05, 0) is 44.9 Å². The molecule has 0 atom stereocenters. The van der Waals surface area contributed by atoms with Gasteiger partial charge in [-0.2, -0.15) is 18.6 Å². The van der Waals surface area contributed by atoms with Crippen LogP contribution in [0, 0.1) is 12.3 Å². The molecule has 0 bridgehead atoms. The maximum Gasteiger partial charge on any atom is 0.266 e. The topological polar surface area (TPSA) is 108 Å². The van der Waals surface area contributed by atoms with Crippen LogP contribution in [0.2, 0.25) is 0 Å². The van der Waals surface area contributed by atoms with Crippen LogP contribution < -0.4 is 5.32 Å². The van der Waals surface area contributed by atoms with Crippen molar-refractivity contribution < 1.29 is 17.8 Å². The van der Waals surface area contributed by atoms with Crippen molar-refractivity contribution in [2.75, 3.05) is 12.3 Å². The predicted octanol–water partition coefficient (Wildman–Crippen LogP) is 4.02. The molecule has 1 heterocycles. The van der Waals surface area contributed by atoms with Gasteiger partial charge in [0.05, 0.1) is 5.75 Å². The van der Waals surface area contributed by atoms with Gasteiger partial charge in [0.1, 0.15) is 0 Å². The molecule has 158 valence electrons. The van der Waals surface area contributed by atoms with Crippen molar-refractivity contribution in [3.63, 3.8) is 0 Å². The summed E-state index contributed by atoms with van der Waals surface area (Å²) >= 11 is 0. The Morgan fingerprint density at radius 3 is 2.39 bits per heavy atom. The van der Waals surface area contributed by atoms with Gasteiger partial charge in [0, 0.05) is 19.4 Å². The van der Waals surface area contributed by atoms with Gasteiger partial charge in [0.2, 0.25) is 5.91 Å². The van der Waals surface area contributed by atoms with Crippen LogP contribution in [0.3, 0.4) is 0 Å². The second kappa shape index (κ2) is 13.5. The van der Waals surface area contributed by atoms with Crippen molar-refractivity contribution in [2.24, 2.45) is 10.2 Å². The molecule has 0 unspecified atom stereocenters.